The van der Waals surface area contributed by atoms with Gasteiger partial charge in [-0.3, -0.25) is 9.69 Å². The van der Waals surface area contributed by atoms with Crippen molar-refractivity contribution in [3.05, 3.63) is 0 Å². The third kappa shape index (κ3) is 3.95. The summed E-state index contributed by atoms with van der Waals surface area (Å²) < 4.78 is 0. The van der Waals surface area contributed by atoms with Crippen molar-refractivity contribution in [2.75, 3.05) is 32.7 Å². The fourth-order valence-electron chi connectivity index (χ4n) is 2.60. The Labute approximate surface area is 111 Å². The van der Waals surface area contributed by atoms with Crippen molar-refractivity contribution in [3.8, 4) is 0 Å². The van der Waals surface area contributed by atoms with Crippen LogP contribution in [-0.2, 0) is 4.79 Å². The van der Waals surface area contributed by atoms with Gasteiger partial charge >= 0.3 is 5.97 Å². The second-order valence-electron chi connectivity index (χ2n) is 5.90. The molecule has 0 aromatic carbocycles. The first kappa shape index (κ1) is 15.4. The summed E-state index contributed by atoms with van der Waals surface area (Å²) in [5.74, 6) is -0.693. The average Bonchev–Trinajstić information content (AvgIpc) is 2.77. The minimum absolute atomic E-state index is 0.604. The zero-order valence-corrected chi connectivity index (χ0v) is 12.3. The first-order valence-corrected chi connectivity index (χ1v) is 7.10. The van der Waals surface area contributed by atoms with E-state index >= 15 is 0 Å². The largest absolute Gasteiger partial charge is 0.481 e. The van der Waals surface area contributed by atoms with Gasteiger partial charge in [-0.05, 0) is 52.9 Å². The molecule has 0 spiro atoms. The summed E-state index contributed by atoms with van der Waals surface area (Å²) in [4.78, 5) is 16.0. The molecule has 106 valence electrons. The fraction of sp³-hybridized carbons (Fsp3) is 0.929. The number of hydrogen-bond donors (Lipinski definition) is 1. The molecule has 0 aliphatic carbocycles. The van der Waals surface area contributed by atoms with Crippen LogP contribution in [-0.4, -0.2) is 59.6 Å². The monoisotopic (exact) mass is 256 g/mol. The molecule has 1 unspecified atom stereocenters. The van der Waals surface area contributed by atoms with Crippen molar-refractivity contribution in [3.63, 3.8) is 0 Å². The van der Waals surface area contributed by atoms with Crippen molar-refractivity contribution < 1.29 is 9.90 Å². The number of likely N-dealkylation sites (N-methyl/N-ethyl adjacent to an activating group) is 1. The van der Waals surface area contributed by atoms with Crippen molar-refractivity contribution >= 4 is 5.97 Å². The lowest BCUT2D eigenvalue weighted by atomic mass is 9.89. The number of carboxylic acids is 1. The van der Waals surface area contributed by atoms with Gasteiger partial charge in [-0.1, -0.05) is 13.8 Å². The van der Waals surface area contributed by atoms with Gasteiger partial charge in [-0.25, -0.2) is 0 Å². The van der Waals surface area contributed by atoms with Crippen molar-refractivity contribution in [2.24, 2.45) is 5.41 Å². The molecule has 0 amide bonds. The quantitative estimate of drug-likeness (QED) is 0.755. The Morgan fingerprint density at radius 1 is 1.39 bits per heavy atom. The molecule has 1 N–H and O–H groups in total. The van der Waals surface area contributed by atoms with Gasteiger partial charge in [-0.15, -0.1) is 0 Å². The maximum atomic E-state index is 11.1. The second kappa shape index (κ2) is 6.53. The number of hydrogen-bond acceptors (Lipinski definition) is 3. The summed E-state index contributed by atoms with van der Waals surface area (Å²) in [6.07, 6.45) is 1.95. The van der Waals surface area contributed by atoms with E-state index in [1.807, 2.05) is 13.8 Å². The van der Waals surface area contributed by atoms with Crippen LogP contribution in [0.25, 0.3) is 0 Å². The molecule has 1 atom stereocenters. The highest BCUT2D eigenvalue weighted by Gasteiger charge is 2.30. The molecular weight excluding hydrogens is 228 g/mol. The van der Waals surface area contributed by atoms with E-state index in [0.29, 0.717) is 6.04 Å². The van der Waals surface area contributed by atoms with Crippen LogP contribution in [0.2, 0.25) is 0 Å². The van der Waals surface area contributed by atoms with Gasteiger partial charge in [0.1, 0.15) is 0 Å². The normalized spacial score (nSPS) is 21.7. The fourth-order valence-corrected chi connectivity index (χ4v) is 2.60. The molecule has 4 heteroatoms. The molecule has 0 saturated carbocycles. The van der Waals surface area contributed by atoms with Crippen molar-refractivity contribution in [1.29, 1.82) is 0 Å². The van der Waals surface area contributed by atoms with Gasteiger partial charge in [-0.2, -0.15) is 0 Å². The van der Waals surface area contributed by atoms with E-state index in [0.717, 1.165) is 39.1 Å². The lowest BCUT2D eigenvalue weighted by Gasteiger charge is -2.27. The van der Waals surface area contributed by atoms with Crippen LogP contribution in [0.4, 0.5) is 0 Å². The van der Waals surface area contributed by atoms with Gasteiger partial charge in [0.05, 0.1) is 5.41 Å². The van der Waals surface area contributed by atoms with Crippen LogP contribution < -0.4 is 0 Å². The topological polar surface area (TPSA) is 43.8 Å². The van der Waals surface area contributed by atoms with E-state index in [9.17, 15) is 4.79 Å². The van der Waals surface area contributed by atoms with Gasteiger partial charge < -0.3 is 10.0 Å². The number of nitrogens with zero attached hydrogens (tertiary/aromatic N) is 2. The van der Waals surface area contributed by atoms with E-state index in [1.54, 1.807) is 0 Å². The number of aliphatic carboxylic acids is 1. The van der Waals surface area contributed by atoms with Crippen molar-refractivity contribution in [1.82, 2.24) is 9.80 Å². The second-order valence-corrected chi connectivity index (χ2v) is 5.90. The number of carboxylic acid groups (broad SMARTS) is 1. The molecule has 4 nitrogen and oxygen atoms in total. The zero-order chi connectivity index (χ0) is 13.8. The highest BCUT2D eigenvalue weighted by Crippen LogP contribution is 2.23. The Kier molecular flexibility index (Phi) is 5.60. The third-order valence-corrected chi connectivity index (χ3v) is 4.21. The highest BCUT2D eigenvalue weighted by atomic mass is 16.4. The smallest absolute Gasteiger partial charge is 0.309 e. The Hall–Kier alpha value is -0.610. The first-order valence-electron chi connectivity index (χ1n) is 7.10. The van der Waals surface area contributed by atoms with Crippen LogP contribution in [0.3, 0.4) is 0 Å². The average molecular weight is 256 g/mol. The number of carbonyl (C=O) groups is 1. The number of likely N-dealkylation sites (tertiary alicyclic amines) is 1. The molecule has 18 heavy (non-hydrogen) atoms. The summed E-state index contributed by atoms with van der Waals surface area (Å²) >= 11 is 0. The summed E-state index contributed by atoms with van der Waals surface area (Å²) in [6.45, 7) is 13.4. The number of rotatable bonds is 7. The lowest BCUT2D eigenvalue weighted by molar-refractivity contribution is -0.147. The predicted molar refractivity (Wildman–Crippen MR) is 73.8 cm³/mol. The Bertz CT molecular complexity index is 275. The Morgan fingerprint density at radius 2 is 2.00 bits per heavy atom. The minimum Gasteiger partial charge on any atom is -0.481 e. The summed E-state index contributed by atoms with van der Waals surface area (Å²) in [6, 6.07) is 0.660. The van der Waals surface area contributed by atoms with Gasteiger partial charge in [0.2, 0.25) is 0 Å². The Balaban J connectivity index is 2.37. The van der Waals surface area contributed by atoms with Gasteiger partial charge in [0.25, 0.3) is 0 Å². The van der Waals surface area contributed by atoms with E-state index in [4.69, 9.17) is 5.11 Å². The molecule has 0 aromatic rings. The molecular formula is C14H28N2O2. The van der Waals surface area contributed by atoms with Crippen LogP contribution in [0, 0.1) is 5.41 Å². The molecule has 0 radical (unpaired) electrons. The molecule has 0 bridgehead atoms. The van der Waals surface area contributed by atoms with Crippen LogP contribution >= 0.6 is 0 Å². The zero-order valence-electron chi connectivity index (χ0n) is 12.3. The van der Waals surface area contributed by atoms with Crippen LogP contribution in [0.5, 0.6) is 0 Å². The highest BCUT2D eigenvalue weighted by molar-refractivity contribution is 5.73. The lowest BCUT2D eigenvalue weighted by Crippen LogP contribution is -2.38. The molecule has 1 fully saturated rings. The molecule has 1 aliphatic rings. The summed E-state index contributed by atoms with van der Waals surface area (Å²) in [5.41, 5.74) is -0.604. The minimum atomic E-state index is -0.693. The third-order valence-electron chi connectivity index (χ3n) is 4.21. The summed E-state index contributed by atoms with van der Waals surface area (Å²) in [5, 5.41) is 9.10. The SMILES string of the molecule is CCN(CC)C1CCN(CCC(C)(C)C(=O)O)C1. The van der Waals surface area contributed by atoms with E-state index < -0.39 is 11.4 Å². The Morgan fingerprint density at radius 3 is 2.50 bits per heavy atom. The maximum absolute atomic E-state index is 11.1. The summed E-state index contributed by atoms with van der Waals surface area (Å²) in [7, 11) is 0. The molecule has 1 heterocycles. The standard InChI is InChI=1S/C14H28N2O2/c1-5-16(6-2)12-7-9-15(11-12)10-8-14(3,4)13(17)18/h12H,5-11H2,1-4H3,(H,17,18). The van der Waals surface area contributed by atoms with Gasteiger partial charge in [0, 0.05) is 12.6 Å². The first-order chi connectivity index (χ1) is 8.40. The van der Waals surface area contributed by atoms with Crippen molar-refractivity contribution in [2.45, 2.75) is 46.6 Å². The molecule has 1 rings (SSSR count). The van der Waals surface area contributed by atoms with Gasteiger partial charge in [0.15, 0.2) is 0 Å². The van der Waals surface area contributed by atoms with E-state index in [-0.39, 0.29) is 0 Å². The molecule has 0 aromatic heterocycles. The molecule has 1 saturated heterocycles. The van der Waals surface area contributed by atoms with Crippen LogP contribution in [0.1, 0.15) is 40.5 Å². The molecule has 1 aliphatic heterocycles. The predicted octanol–water partition coefficient (Wildman–Crippen LogP) is 1.90. The van der Waals surface area contributed by atoms with Crippen LogP contribution in [0.15, 0.2) is 0 Å². The maximum Gasteiger partial charge on any atom is 0.309 e. The van der Waals surface area contributed by atoms with E-state index in [2.05, 4.69) is 23.6 Å². The van der Waals surface area contributed by atoms with E-state index in [1.165, 1.54) is 6.42 Å².